The Balaban J connectivity index is 1.76. The summed E-state index contributed by atoms with van der Waals surface area (Å²) in [5.41, 5.74) is 10.1. The molecule has 2 aromatic rings. The molecule has 0 spiro atoms. The van der Waals surface area contributed by atoms with Crippen molar-refractivity contribution in [2.24, 2.45) is 10.8 Å². The lowest BCUT2D eigenvalue weighted by Gasteiger charge is -2.11. The summed E-state index contributed by atoms with van der Waals surface area (Å²) in [4.78, 5) is 10.9. The van der Waals surface area contributed by atoms with E-state index in [1.54, 1.807) is 17.8 Å². The molecule has 1 aliphatic rings. The Morgan fingerprint density at radius 2 is 2.00 bits per heavy atom. The van der Waals surface area contributed by atoms with Crippen molar-refractivity contribution in [2.75, 3.05) is 6.61 Å². The maximum Gasteiger partial charge on any atom is 0.255 e. The van der Waals surface area contributed by atoms with E-state index in [2.05, 4.69) is 10.5 Å². The fraction of sp³-hybridized carbons (Fsp3) is 0.125. The van der Waals surface area contributed by atoms with E-state index in [4.69, 9.17) is 22.1 Å². The van der Waals surface area contributed by atoms with Gasteiger partial charge in [0.15, 0.2) is 6.61 Å². The molecule has 1 aliphatic heterocycles. The molecule has 1 heterocycles. The molecular formula is C16H14ClN3O2S. The number of carbonyl (C=O) groups is 1. The minimum atomic E-state index is -0.516. The molecule has 0 fully saturated rings. The fourth-order valence-corrected chi connectivity index (χ4v) is 3.25. The van der Waals surface area contributed by atoms with Gasteiger partial charge in [-0.25, -0.2) is 0 Å². The standard InChI is InChI=1S/C16H14ClN3O2S/c17-11-7-5-10(6-8-11)15-19-20-16(23-15)12-3-1-2-4-13(12)22-9-14(18)21/h1-8,15,19H,9H2,(H2,18,21). The second-order valence-electron chi connectivity index (χ2n) is 4.85. The van der Waals surface area contributed by atoms with Crippen LogP contribution in [-0.2, 0) is 4.79 Å². The Morgan fingerprint density at radius 1 is 1.26 bits per heavy atom. The van der Waals surface area contributed by atoms with Crippen LogP contribution in [0.1, 0.15) is 16.5 Å². The van der Waals surface area contributed by atoms with E-state index < -0.39 is 5.91 Å². The van der Waals surface area contributed by atoms with Gasteiger partial charge in [0.1, 0.15) is 16.2 Å². The van der Waals surface area contributed by atoms with Crippen LogP contribution in [0.15, 0.2) is 53.6 Å². The quantitative estimate of drug-likeness (QED) is 0.871. The Kier molecular flexibility index (Phi) is 4.73. The lowest BCUT2D eigenvalue weighted by Crippen LogP contribution is -2.20. The molecule has 0 saturated heterocycles. The minimum Gasteiger partial charge on any atom is -0.483 e. The molecule has 0 radical (unpaired) electrons. The minimum absolute atomic E-state index is 0.00598. The van der Waals surface area contributed by atoms with Crippen LogP contribution in [0.2, 0.25) is 5.02 Å². The molecule has 3 N–H and O–H groups in total. The van der Waals surface area contributed by atoms with Crippen molar-refractivity contribution in [2.45, 2.75) is 5.37 Å². The number of halogens is 1. The van der Waals surface area contributed by atoms with Gasteiger partial charge in [-0.05, 0) is 29.8 Å². The maximum atomic E-state index is 10.9. The summed E-state index contributed by atoms with van der Waals surface area (Å²) in [5, 5.41) is 5.87. The van der Waals surface area contributed by atoms with E-state index in [9.17, 15) is 4.79 Å². The van der Waals surface area contributed by atoms with Crippen LogP contribution in [0.5, 0.6) is 5.75 Å². The number of nitrogens with two attached hydrogens (primary N) is 1. The lowest BCUT2D eigenvalue weighted by atomic mass is 10.2. The van der Waals surface area contributed by atoms with Crippen molar-refractivity contribution < 1.29 is 9.53 Å². The van der Waals surface area contributed by atoms with Crippen molar-refractivity contribution in [3.05, 3.63) is 64.7 Å². The fourth-order valence-electron chi connectivity index (χ4n) is 2.10. The predicted molar refractivity (Wildman–Crippen MR) is 92.6 cm³/mol. The number of primary amides is 1. The Morgan fingerprint density at radius 3 is 2.74 bits per heavy atom. The number of para-hydroxylation sites is 1. The number of hydrogen-bond acceptors (Lipinski definition) is 5. The van der Waals surface area contributed by atoms with Crippen LogP contribution >= 0.6 is 23.4 Å². The number of hydrogen-bond donors (Lipinski definition) is 2. The van der Waals surface area contributed by atoms with Crippen molar-refractivity contribution in [1.82, 2.24) is 5.43 Å². The first-order chi connectivity index (χ1) is 11.1. The number of nitrogens with zero attached hydrogens (tertiary/aromatic N) is 1. The predicted octanol–water partition coefficient (Wildman–Crippen LogP) is 2.90. The summed E-state index contributed by atoms with van der Waals surface area (Å²) < 4.78 is 5.45. The largest absolute Gasteiger partial charge is 0.483 e. The molecule has 0 aliphatic carbocycles. The van der Waals surface area contributed by atoms with E-state index in [1.807, 2.05) is 42.5 Å². The molecule has 1 unspecified atom stereocenters. The second-order valence-corrected chi connectivity index (χ2v) is 6.38. The van der Waals surface area contributed by atoms with Gasteiger partial charge < -0.3 is 10.5 Å². The average molecular weight is 348 g/mol. The summed E-state index contributed by atoms with van der Waals surface area (Å²) in [7, 11) is 0. The van der Waals surface area contributed by atoms with Crippen LogP contribution in [-0.4, -0.2) is 17.6 Å². The normalized spacial score (nSPS) is 16.6. The molecule has 1 atom stereocenters. The van der Waals surface area contributed by atoms with E-state index in [0.717, 1.165) is 16.2 Å². The molecule has 2 aromatic carbocycles. The highest BCUT2D eigenvalue weighted by Gasteiger charge is 2.24. The number of ether oxygens (including phenoxy) is 1. The monoisotopic (exact) mass is 347 g/mol. The summed E-state index contributed by atoms with van der Waals surface area (Å²) in [6.45, 7) is -0.164. The van der Waals surface area contributed by atoms with Gasteiger partial charge in [0.25, 0.3) is 5.91 Å². The highest BCUT2D eigenvalue weighted by atomic mass is 35.5. The van der Waals surface area contributed by atoms with Gasteiger partial charge in [0.2, 0.25) is 0 Å². The molecule has 7 heteroatoms. The number of rotatable bonds is 5. The third-order valence-electron chi connectivity index (χ3n) is 3.17. The number of benzene rings is 2. The number of carbonyl (C=O) groups excluding carboxylic acids is 1. The number of thioether (sulfide) groups is 1. The van der Waals surface area contributed by atoms with E-state index in [1.165, 1.54) is 0 Å². The maximum absolute atomic E-state index is 10.9. The summed E-state index contributed by atoms with van der Waals surface area (Å²) >= 11 is 7.48. The molecule has 3 rings (SSSR count). The molecule has 0 aromatic heterocycles. The smallest absolute Gasteiger partial charge is 0.255 e. The zero-order chi connectivity index (χ0) is 16.2. The zero-order valence-electron chi connectivity index (χ0n) is 12.0. The van der Waals surface area contributed by atoms with Gasteiger partial charge in [-0.3, -0.25) is 10.2 Å². The van der Waals surface area contributed by atoms with E-state index in [0.29, 0.717) is 10.8 Å². The van der Waals surface area contributed by atoms with Crippen molar-refractivity contribution >= 4 is 34.3 Å². The Labute approximate surface area is 142 Å². The second kappa shape index (κ2) is 6.93. The third kappa shape index (κ3) is 3.78. The number of amides is 1. The number of nitrogens with one attached hydrogen (secondary N) is 1. The van der Waals surface area contributed by atoms with Crippen LogP contribution in [0.3, 0.4) is 0 Å². The molecule has 5 nitrogen and oxygen atoms in total. The van der Waals surface area contributed by atoms with E-state index >= 15 is 0 Å². The van der Waals surface area contributed by atoms with Gasteiger partial charge in [0, 0.05) is 5.02 Å². The van der Waals surface area contributed by atoms with Crippen molar-refractivity contribution in [1.29, 1.82) is 0 Å². The van der Waals surface area contributed by atoms with Crippen molar-refractivity contribution in [3.63, 3.8) is 0 Å². The molecule has 23 heavy (non-hydrogen) atoms. The van der Waals surface area contributed by atoms with Crippen LogP contribution < -0.4 is 15.9 Å². The van der Waals surface area contributed by atoms with Gasteiger partial charge in [-0.2, -0.15) is 5.10 Å². The molecular weight excluding hydrogens is 334 g/mol. The molecule has 1 amide bonds. The lowest BCUT2D eigenvalue weighted by molar-refractivity contribution is -0.119. The third-order valence-corrected chi connectivity index (χ3v) is 4.57. The Hall–Kier alpha value is -2.18. The average Bonchev–Trinajstić information content (AvgIpc) is 3.03. The van der Waals surface area contributed by atoms with Crippen LogP contribution in [0.4, 0.5) is 0 Å². The zero-order valence-corrected chi connectivity index (χ0v) is 13.6. The van der Waals surface area contributed by atoms with Crippen LogP contribution in [0.25, 0.3) is 0 Å². The van der Waals surface area contributed by atoms with Gasteiger partial charge in [0.05, 0.1) is 5.56 Å². The van der Waals surface area contributed by atoms with Gasteiger partial charge in [-0.1, -0.05) is 47.6 Å². The first kappa shape index (κ1) is 15.7. The molecule has 0 saturated carbocycles. The highest BCUT2D eigenvalue weighted by Crippen LogP contribution is 2.36. The summed E-state index contributed by atoms with van der Waals surface area (Å²) in [5.74, 6) is 0.0640. The van der Waals surface area contributed by atoms with Gasteiger partial charge >= 0.3 is 0 Å². The summed E-state index contributed by atoms with van der Waals surface area (Å²) in [6.07, 6.45) is 0. The SMILES string of the molecule is NC(=O)COc1ccccc1C1=NNC(c2ccc(Cl)cc2)S1. The summed E-state index contributed by atoms with van der Waals surface area (Å²) in [6, 6.07) is 15.0. The topological polar surface area (TPSA) is 76.7 Å². The molecule has 0 bridgehead atoms. The van der Waals surface area contributed by atoms with Gasteiger partial charge in [-0.15, -0.1) is 0 Å². The first-order valence-corrected chi connectivity index (χ1v) is 8.15. The van der Waals surface area contributed by atoms with Crippen LogP contribution in [0, 0.1) is 0 Å². The number of hydrazone groups is 1. The molecule has 118 valence electrons. The highest BCUT2D eigenvalue weighted by molar-refractivity contribution is 8.14. The van der Waals surface area contributed by atoms with E-state index in [-0.39, 0.29) is 12.0 Å². The van der Waals surface area contributed by atoms with Crippen molar-refractivity contribution in [3.8, 4) is 5.75 Å². The first-order valence-electron chi connectivity index (χ1n) is 6.89. The Bertz CT molecular complexity index is 749.